The van der Waals surface area contributed by atoms with Gasteiger partial charge in [-0.3, -0.25) is 13.7 Å². The van der Waals surface area contributed by atoms with Gasteiger partial charge in [-0.05, 0) is 73.4 Å². The molecule has 1 aliphatic rings. The zero-order chi connectivity index (χ0) is 28.6. The fourth-order valence-corrected chi connectivity index (χ4v) is 5.91. The minimum absolute atomic E-state index is 0.0865. The van der Waals surface area contributed by atoms with Gasteiger partial charge in [0, 0.05) is 25.3 Å². The molecule has 7 rings (SSSR count). The number of fused-ring (bicyclic) bond motifs is 2. The van der Waals surface area contributed by atoms with Gasteiger partial charge in [-0.2, -0.15) is 0 Å². The summed E-state index contributed by atoms with van der Waals surface area (Å²) in [7, 11) is 3.47. The number of methoxy groups -OCH3 is 1. The smallest absolute Gasteiger partial charge is 0.333 e. The van der Waals surface area contributed by atoms with E-state index in [0.29, 0.717) is 6.54 Å². The van der Waals surface area contributed by atoms with E-state index < -0.39 is 0 Å². The van der Waals surface area contributed by atoms with Crippen molar-refractivity contribution in [1.82, 2.24) is 28.7 Å². The van der Waals surface area contributed by atoms with Crippen LogP contribution in [0.1, 0.15) is 24.8 Å². The summed E-state index contributed by atoms with van der Waals surface area (Å²) in [6.45, 7) is 0.657. The molecule has 0 amide bonds. The van der Waals surface area contributed by atoms with E-state index in [2.05, 4.69) is 37.3 Å². The molecule has 42 heavy (non-hydrogen) atoms. The molecule has 0 radical (unpaired) electrons. The highest BCUT2D eigenvalue weighted by atomic mass is 16.5. The van der Waals surface area contributed by atoms with E-state index in [-0.39, 0.29) is 17.8 Å². The van der Waals surface area contributed by atoms with Crippen molar-refractivity contribution in [1.29, 1.82) is 0 Å². The predicted octanol–water partition coefficient (Wildman–Crippen LogP) is 4.97. The highest BCUT2D eigenvalue weighted by Crippen LogP contribution is 2.28. The van der Waals surface area contributed by atoms with E-state index in [1.54, 1.807) is 29.5 Å². The van der Waals surface area contributed by atoms with Gasteiger partial charge in [0.05, 0.1) is 36.6 Å². The van der Waals surface area contributed by atoms with Crippen molar-refractivity contribution < 1.29 is 4.74 Å². The molecule has 0 saturated heterocycles. The molecule has 0 aliphatic heterocycles. The van der Waals surface area contributed by atoms with Gasteiger partial charge in [-0.15, -0.1) is 0 Å². The number of hydrogen-bond acceptors (Lipinski definition) is 7. The van der Waals surface area contributed by atoms with Crippen LogP contribution in [-0.4, -0.2) is 47.8 Å². The van der Waals surface area contributed by atoms with E-state index in [0.717, 1.165) is 70.2 Å². The third-order valence-electron chi connectivity index (χ3n) is 8.09. The number of para-hydroxylation sites is 2. The van der Waals surface area contributed by atoms with Crippen LogP contribution in [0.5, 0.6) is 5.75 Å². The Hall–Kier alpha value is -5.12. The van der Waals surface area contributed by atoms with Crippen molar-refractivity contribution >= 4 is 34.0 Å². The fourth-order valence-electron chi connectivity index (χ4n) is 5.91. The van der Waals surface area contributed by atoms with Crippen molar-refractivity contribution in [3.63, 3.8) is 0 Å². The molecule has 1 aliphatic carbocycles. The maximum Gasteiger partial charge on any atom is 0.333 e. The zero-order valence-electron chi connectivity index (χ0n) is 23.6. The van der Waals surface area contributed by atoms with Crippen LogP contribution >= 0.6 is 0 Å². The minimum Gasteiger partial charge on any atom is -0.497 e. The second-order valence-electron chi connectivity index (χ2n) is 10.8. The minimum atomic E-state index is -0.0865. The zero-order valence-corrected chi connectivity index (χ0v) is 23.6. The van der Waals surface area contributed by atoms with Crippen molar-refractivity contribution in [2.45, 2.75) is 37.9 Å². The number of aromatic nitrogens is 6. The van der Waals surface area contributed by atoms with E-state index in [1.165, 1.54) is 0 Å². The summed E-state index contributed by atoms with van der Waals surface area (Å²) in [5, 5.41) is 7.29. The summed E-state index contributed by atoms with van der Waals surface area (Å²) in [6, 6.07) is 24.2. The molecule has 10 heteroatoms. The normalized spacial score (nSPS) is 16.7. The number of nitrogens with zero attached hydrogens (tertiary/aromatic N) is 6. The Morgan fingerprint density at radius 2 is 1.69 bits per heavy atom. The number of ether oxygens (including phenoxy) is 1. The predicted molar refractivity (Wildman–Crippen MR) is 165 cm³/mol. The number of benzene rings is 2. The Morgan fingerprint density at radius 1 is 0.905 bits per heavy atom. The Bertz CT molecular complexity index is 1920. The lowest BCUT2D eigenvalue weighted by Gasteiger charge is -2.17. The van der Waals surface area contributed by atoms with Gasteiger partial charge < -0.3 is 15.4 Å². The third-order valence-corrected chi connectivity index (χ3v) is 8.09. The van der Waals surface area contributed by atoms with Crippen LogP contribution in [0.2, 0.25) is 0 Å². The first-order valence-corrected chi connectivity index (χ1v) is 14.2. The largest absolute Gasteiger partial charge is 0.497 e. The van der Waals surface area contributed by atoms with Gasteiger partial charge in [0.15, 0.2) is 5.65 Å². The molecule has 2 N–H and O–H groups in total. The van der Waals surface area contributed by atoms with Crippen molar-refractivity contribution in [3.05, 3.63) is 101 Å². The lowest BCUT2D eigenvalue weighted by molar-refractivity contribution is 0.414. The Morgan fingerprint density at radius 3 is 2.45 bits per heavy atom. The van der Waals surface area contributed by atoms with Gasteiger partial charge in [0.25, 0.3) is 0 Å². The van der Waals surface area contributed by atoms with E-state index in [9.17, 15) is 4.79 Å². The Balaban J connectivity index is 1.05. The number of anilines is 2. The molecule has 0 bridgehead atoms. The number of rotatable bonds is 8. The summed E-state index contributed by atoms with van der Waals surface area (Å²) in [5.41, 5.74) is 5.30. The molecular formula is C32H32N8O2. The van der Waals surface area contributed by atoms with Gasteiger partial charge in [0.2, 0.25) is 5.95 Å². The van der Waals surface area contributed by atoms with Gasteiger partial charge in [-0.25, -0.2) is 19.7 Å². The lowest BCUT2D eigenvalue weighted by Crippen LogP contribution is -2.23. The fraction of sp³-hybridized carbons (Fsp3) is 0.250. The standard InChI is InChI=1S/C32H32N8O2/c1-38-27-7-3-4-8-28(27)40(32(38)41)24-13-16-29(34-19-24)35-22-11-12-23(18-22)36-31-37-26-6-5-17-33-30(26)39(31)20-21-9-14-25(42-2)15-10-21/h3-10,13-17,19,22-23H,11-12,18,20H2,1-2H3,(H,34,35)(H,36,37)/t22-,23-/m0/s1. The second-order valence-corrected chi connectivity index (χ2v) is 10.8. The molecular weight excluding hydrogens is 528 g/mol. The molecule has 2 atom stereocenters. The van der Waals surface area contributed by atoms with E-state index in [1.807, 2.05) is 66.9 Å². The highest BCUT2D eigenvalue weighted by molar-refractivity contribution is 5.78. The van der Waals surface area contributed by atoms with Crippen molar-refractivity contribution in [2.24, 2.45) is 7.05 Å². The number of nitrogens with one attached hydrogen (secondary N) is 2. The highest BCUT2D eigenvalue weighted by Gasteiger charge is 2.27. The molecule has 0 spiro atoms. The Labute approximate surface area is 242 Å². The number of imidazole rings is 2. The van der Waals surface area contributed by atoms with Crippen LogP contribution in [0.4, 0.5) is 11.8 Å². The number of pyridine rings is 2. The van der Waals surface area contributed by atoms with Crippen LogP contribution in [0.15, 0.2) is 90.0 Å². The summed E-state index contributed by atoms with van der Waals surface area (Å²) in [6.07, 6.45) is 6.53. The topological polar surface area (TPSA) is 104 Å². The summed E-state index contributed by atoms with van der Waals surface area (Å²) < 4.78 is 10.8. The number of hydrogen-bond donors (Lipinski definition) is 2. The monoisotopic (exact) mass is 560 g/mol. The SMILES string of the molecule is COc1ccc(Cn2c(N[C@H]3CC[C@H](Nc4ccc(-n5c(=O)n(C)c6ccccc65)cn4)C3)nc3cccnc32)cc1. The molecule has 0 unspecified atom stereocenters. The molecule has 1 fully saturated rings. The van der Waals surface area contributed by atoms with Crippen LogP contribution in [0.25, 0.3) is 27.9 Å². The maximum absolute atomic E-state index is 12.9. The average Bonchev–Trinajstić information content (AvgIpc) is 3.68. The maximum atomic E-state index is 12.9. The summed E-state index contributed by atoms with van der Waals surface area (Å²) in [5.74, 6) is 2.46. The lowest BCUT2D eigenvalue weighted by atomic mass is 10.2. The molecule has 2 aromatic carbocycles. The van der Waals surface area contributed by atoms with Crippen LogP contribution < -0.4 is 21.1 Å². The van der Waals surface area contributed by atoms with Crippen molar-refractivity contribution in [2.75, 3.05) is 17.7 Å². The van der Waals surface area contributed by atoms with Gasteiger partial charge in [0.1, 0.15) is 17.1 Å². The first-order chi connectivity index (χ1) is 20.6. The Kier molecular flexibility index (Phi) is 6.58. The summed E-state index contributed by atoms with van der Waals surface area (Å²) in [4.78, 5) is 27.1. The van der Waals surface area contributed by atoms with Crippen LogP contribution in [0.3, 0.4) is 0 Å². The average molecular weight is 561 g/mol. The molecule has 10 nitrogen and oxygen atoms in total. The van der Waals surface area contributed by atoms with Crippen LogP contribution in [-0.2, 0) is 13.6 Å². The van der Waals surface area contributed by atoms with Crippen molar-refractivity contribution in [3.8, 4) is 11.4 Å². The van der Waals surface area contributed by atoms with Gasteiger partial charge in [-0.1, -0.05) is 24.3 Å². The molecule has 4 heterocycles. The molecule has 212 valence electrons. The van der Waals surface area contributed by atoms with Crippen LogP contribution in [0, 0.1) is 0 Å². The molecule has 4 aromatic heterocycles. The van der Waals surface area contributed by atoms with E-state index >= 15 is 0 Å². The quantitative estimate of drug-likeness (QED) is 0.271. The third kappa shape index (κ3) is 4.74. The molecule has 1 saturated carbocycles. The number of aryl methyl sites for hydroxylation is 1. The molecule has 6 aromatic rings. The second kappa shape index (κ2) is 10.7. The summed E-state index contributed by atoms with van der Waals surface area (Å²) >= 11 is 0. The van der Waals surface area contributed by atoms with E-state index in [4.69, 9.17) is 9.72 Å². The first-order valence-electron chi connectivity index (χ1n) is 14.2. The van der Waals surface area contributed by atoms with Gasteiger partial charge >= 0.3 is 5.69 Å². The first kappa shape index (κ1) is 25.8.